The molecule has 1 rings (SSSR count). The number of nitrogens with two attached hydrogens (primary N) is 1. The molecule has 7 heteroatoms. The van der Waals surface area contributed by atoms with Crippen molar-refractivity contribution in [1.29, 1.82) is 0 Å². The van der Waals surface area contributed by atoms with Crippen LogP contribution < -0.4 is 11.1 Å². The van der Waals surface area contributed by atoms with E-state index in [0.717, 1.165) is 5.56 Å². The molecule has 126 valence electrons. The summed E-state index contributed by atoms with van der Waals surface area (Å²) in [6.07, 6.45) is 1.20. The molecule has 1 aromatic rings. The van der Waals surface area contributed by atoms with Crippen LogP contribution in [0.4, 0.5) is 0 Å². The second kappa shape index (κ2) is 9.12. The highest BCUT2D eigenvalue weighted by molar-refractivity contribution is 7.92. The first-order chi connectivity index (χ1) is 9.74. The standard InChI is InChI=1S/C15H24N2O3S.ClH/c1-15(2,12-16)17-14(18)11-21(19,20)10-6-9-13-7-4-3-5-8-13;/h3-5,7-8H,6,9-12,16H2,1-2H3,(H,17,18);1H. The van der Waals surface area contributed by atoms with Crippen LogP contribution in [0.1, 0.15) is 25.8 Å². The molecule has 0 bridgehead atoms. The van der Waals surface area contributed by atoms with Crippen molar-refractivity contribution in [3.05, 3.63) is 35.9 Å². The number of carbonyl (C=O) groups excluding carboxylic acids is 1. The molecular weight excluding hydrogens is 324 g/mol. The molecule has 0 spiro atoms. The molecule has 3 N–H and O–H groups in total. The molecule has 0 unspecified atom stereocenters. The molecule has 0 aliphatic rings. The molecule has 1 aromatic carbocycles. The number of rotatable bonds is 8. The molecule has 0 fully saturated rings. The van der Waals surface area contributed by atoms with E-state index in [4.69, 9.17) is 5.73 Å². The smallest absolute Gasteiger partial charge is 0.235 e. The normalized spacial score (nSPS) is 11.6. The van der Waals surface area contributed by atoms with Gasteiger partial charge >= 0.3 is 0 Å². The van der Waals surface area contributed by atoms with Gasteiger partial charge in [-0.05, 0) is 32.3 Å². The van der Waals surface area contributed by atoms with Crippen LogP contribution >= 0.6 is 12.4 Å². The quantitative estimate of drug-likeness (QED) is 0.741. The number of hydrogen-bond donors (Lipinski definition) is 2. The van der Waals surface area contributed by atoms with Gasteiger partial charge in [0.2, 0.25) is 5.91 Å². The summed E-state index contributed by atoms with van der Waals surface area (Å²) in [4.78, 5) is 11.7. The van der Waals surface area contributed by atoms with Gasteiger partial charge in [0.25, 0.3) is 0 Å². The summed E-state index contributed by atoms with van der Waals surface area (Å²) in [7, 11) is -3.38. The van der Waals surface area contributed by atoms with Crippen LogP contribution in [0.5, 0.6) is 0 Å². The molecule has 1 amide bonds. The van der Waals surface area contributed by atoms with Crippen molar-refractivity contribution in [2.24, 2.45) is 5.73 Å². The zero-order valence-electron chi connectivity index (χ0n) is 13.0. The molecule has 0 saturated carbocycles. The molecular formula is C15H25ClN2O3S. The lowest BCUT2D eigenvalue weighted by molar-refractivity contribution is -0.120. The minimum atomic E-state index is -3.38. The van der Waals surface area contributed by atoms with Crippen LogP contribution in [0.2, 0.25) is 0 Å². The Hall–Kier alpha value is -1.11. The minimum absolute atomic E-state index is 0. The molecule has 0 aliphatic carbocycles. The molecule has 5 nitrogen and oxygen atoms in total. The van der Waals surface area contributed by atoms with Crippen LogP contribution in [0.15, 0.2) is 30.3 Å². The van der Waals surface area contributed by atoms with Gasteiger partial charge in [-0.1, -0.05) is 30.3 Å². The molecule has 22 heavy (non-hydrogen) atoms. The third-order valence-electron chi connectivity index (χ3n) is 3.10. The minimum Gasteiger partial charge on any atom is -0.349 e. The highest BCUT2D eigenvalue weighted by Crippen LogP contribution is 2.05. The van der Waals surface area contributed by atoms with E-state index in [0.29, 0.717) is 12.8 Å². The van der Waals surface area contributed by atoms with Gasteiger partial charge in [-0.3, -0.25) is 4.79 Å². The van der Waals surface area contributed by atoms with Gasteiger partial charge in [0, 0.05) is 12.1 Å². The lowest BCUT2D eigenvalue weighted by atomic mass is 10.1. The summed E-state index contributed by atoms with van der Waals surface area (Å²) in [6, 6.07) is 9.69. The summed E-state index contributed by atoms with van der Waals surface area (Å²) in [5.41, 5.74) is 6.01. The number of sulfone groups is 1. The molecule has 0 aromatic heterocycles. The predicted molar refractivity (Wildman–Crippen MR) is 91.9 cm³/mol. The van der Waals surface area contributed by atoms with E-state index in [9.17, 15) is 13.2 Å². The van der Waals surface area contributed by atoms with E-state index in [1.54, 1.807) is 13.8 Å². The van der Waals surface area contributed by atoms with Crippen LogP contribution in [0, 0.1) is 0 Å². The molecule has 0 heterocycles. The van der Waals surface area contributed by atoms with Crippen molar-refractivity contribution in [3.8, 4) is 0 Å². The van der Waals surface area contributed by atoms with E-state index in [1.165, 1.54) is 0 Å². The van der Waals surface area contributed by atoms with Crippen molar-refractivity contribution in [3.63, 3.8) is 0 Å². The number of benzene rings is 1. The van der Waals surface area contributed by atoms with Crippen molar-refractivity contribution in [2.45, 2.75) is 32.2 Å². The number of nitrogens with one attached hydrogen (secondary N) is 1. The monoisotopic (exact) mass is 348 g/mol. The molecule has 0 aliphatic heterocycles. The van der Waals surface area contributed by atoms with Crippen LogP contribution in [-0.4, -0.2) is 37.9 Å². The Morgan fingerprint density at radius 3 is 2.36 bits per heavy atom. The Labute approximate surface area is 139 Å². The van der Waals surface area contributed by atoms with Gasteiger partial charge in [0.15, 0.2) is 9.84 Å². The van der Waals surface area contributed by atoms with Crippen LogP contribution in [-0.2, 0) is 21.1 Å². The number of hydrogen-bond acceptors (Lipinski definition) is 4. The maximum atomic E-state index is 11.9. The molecule has 0 atom stereocenters. The number of carbonyl (C=O) groups is 1. The summed E-state index contributed by atoms with van der Waals surface area (Å²) in [5, 5.41) is 2.63. The van der Waals surface area contributed by atoms with E-state index >= 15 is 0 Å². The second-order valence-electron chi connectivity index (χ2n) is 5.82. The van der Waals surface area contributed by atoms with Crippen LogP contribution in [0.25, 0.3) is 0 Å². The lowest BCUT2D eigenvalue weighted by Crippen LogP contribution is -2.50. The van der Waals surface area contributed by atoms with E-state index in [1.807, 2.05) is 30.3 Å². The Balaban J connectivity index is 0.00000441. The first kappa shape index (κ1) is 20.9. The van der Waals surface area contributed by atoms with Gasteiger partial charge in [0.05, 0.1) is 5.75 Å². The number of amides is 1. The number of halogens is 1. The number of aryl methyl sites for hydroxylation is 1. The summed E-state index contributed by atoms with van der Waals surface area (Å²) in [6.45, 7) is 3.77. The van der Waals surface area contributed by atoms with E-state index in [-0.39, 0.29) is 24.7 Å². The Morgan fingerprint density at radius 2 is 1.82 bits per heavy atom. The van der Waals surface area contributed by atoms with Gasteiger partial charge in [-0.25, -0.2) is 8.42 Å². The molecule has 0 radical (unpaired) electrons. The highest BCUT2D eigenvalue weighted by Gasteiger charge is 2.22. The van der Waals surface area contributed by atoms with Crippen molar-refractivity contribution in [1.82, 2.24) is 5.32 Å². The topological polar surface area (TPSA) is 89.3 Å². The van der Waals surface area contributed by atoms with Gasteiger partial charge < -0.3 is 11.1 Å². The fourth-order valence-electron chi connectivity index (χ4n) is 1.88. The third kappa shape index (κ3) is 8.36. The maximum Gasteiger partial charge on any atom is 0.235 e. The van der Waals surface area contributed by atoms with Gasteiger partial charge in [-0.15, -0.1) is 12.4 Å². The Kier molecular flexibility index (Phi) is 8.66. The van der Waals surface area contributed by atoms with E-state index < -0.39 is 27.0 Å². The van der Waals surface area contributed by atoms with Crippen molar-refractivity contribution in [2.75, 3.05) is 18.1 Å². The Bertz CT molecular complexity index is 559. The third-order valence-corrected chi connectivity index (χ3v) is 4.72. The average Bonchev–Trinajstić information content (AvgIpc) is 2.38. The fraction of sp³-hybridized carbons (Fsp3) is 0.533. The summed E-state index contributed by atoms with van der Waals surface area (Å²) < 4.78 is 23.8. The second-order valence-corrected chi connectivity index (χ2v) is 8.00. The first-order valence-corrected chi connectivity index (χ1v) is 8.82. The Morgan fingerprint density at radius 1 is 1.23 bits per heavy atom. The predicted octanol–water partition coefficient (Wildman–Crippen LogP) is 1.31. The zero-order valence-corrected chi connectivity index (χ0v) is 14.7. The van der Waals surface area contributed by atoms with Gasteiger partial charge in [0.1, 0.15) is 5.75 Å². The largest absolute Gasteiger partial charge is 0.349 e. The fourth-order valence-corrected chi connectivity index (χ4v) is 3.08. The van der Waals surface area contributed by atoms with Crippen molar-refractivity contribution < 1.29 is 13.2 Å². The average molecular weight is 349 g/mol. The van der Waals surface area contributed by atoms with Crippen LogP contribution in [0.3, 0.4) is 0 Å². The maximum absolute atomic E-state index is 11.9. The SMILES string of the molecule is CC(C)(CN)NC(=O)CS(=O)(=O)CCCc1ccccc1.Cl. The van der Waals surface area contributed by atoms with E-state index in [2.05, 4.69) is 5.32 Å². The highest BCUT2D eigenvalue weighted by atomic mass is 35.5. The summed E-state index contributed by atoms with van der Waals surface area (Å²) in [5.74, 6) is -0.964. The van der Waals surface area contributed by atoms with Crippen molar-refractivity contribution >= 4 is 28.2 Å². The zero-order chi connectivity index (χ0) is 15.9. The van der Waals surface area contributed by atoms with Gasteiger partial charge in [-0.2, -0.15) is 0 Å². The first-order valence-electron chi connectivity index (χ1n) is 6.99. The molecule has 0 saturated heterocycles. The lowest BCUT2D eigenvalue weighted by Gasteiger charge is -2.24. The summed E-state index contributed by atoms with van der Waals surface area (Å²) >= 11 is 0.